The molecule has 0 fully saturated rings. The molecular weight excluding hydrogens is 321 g/mol. The van der Waals surface area contributed by atoms with Crippen molar-refractivity contribution in [3.8, 4) is 0 Å². The van der Waals surface area contributed by atoms with Crippen molar-refractivity contribution >= 4 is 35.0 Å². The molecule has 0 aromatic heterocycles. The molecule has 1 amide bonds. The third-order valence-electron chi connectivity index (χ3n) is 3.33. The maximum atomic E-state index is 12.5. The van der Waals surface area contributed by atoms with Gasteiger partial charge < -0.3 is 4.74 Å². The number of ether oxygens (including phenoxy) is 1. The highest BCUT2D eigenvalue weighted by molar-refractivity contribution is 6.42. The summed E-state index contributed by atoms with van der Waals surface area (Å²) < 4.78 is 5.52. The summed E-state index contributed by atoms with van der Waals surface area (Å²) in [5.74, 6) is 0.388. The summed E-state index contributed by atoms with van der Waals surface area (Å²) in [6.07, 6.45) is 2.63. The molecule has 1 aliphatic heterocycles. The number of hydrogen-bond donors (Lipinski definition) is 0. The summed E-state index contributed by atoms with van der Waals surface area (Å²) >= 11 is 12.1. The molecule has 1 heterocycles. The molecule has 0 bridgehead atoms. The molecule has 0 spiro atoms. The van der Waals surface area contributed by atoms with Crippen LogP contribution in [0, 0.1) is 5.92 Å². The van der Waals surface area contributed by atoms with Gasteiger partial charge in [-0.2, -0.15) is 0 Å². The lowest BCUT2D eigenvalue weighted by Crippen LogP contribution is -2.39. The molecule has 1 aliphatic rings. The Morgan fingerprint density at radius 3 is 2.55 bits per heavy atom. The Morgan fingerprint density at radius 1 is 1.27 bits per heavy atom. The van der Waals surface area contributed by atoms with Gasteiger partial charge in [-0.15, -0.1) is 0 Å². The van der Waals surface area contributed by atoms with Gasteiger partial charge in [0.05, 0.1) is 15.7 Å². The van der Waals surface area contributed by atoms with Crippen LogP contribution in [0.2, 0.25) is 10.0 Å². The van der Waals surface area contributed by atoms with Gasteiger partial charge in [0.15, 0.2) is 0 Å². The Morgan fingerprint density at radius 2 is 1.95 bits per heavy atom. The Kier molecular flexibility index (Phi) is 5.08. The highest BCUT2D eigenvalue weighted by Crippen LogP contribution is 2.32. The lowest BCUT2D eigenvalue weighted by Gasteiger charge is -2.34. The van der Waals surface area contributed by atoms with E-state index >= 15 is 0 Å². The topological polar surface area (TPSA) is 29.5 Å². The first-order valence-corrected chi connectivity index (χ1v) is 8.09. The zero-order valence-corrected chi connectivity index (χ0v) is 14.8. The van der Waals surface area contributed by atoms with Crippen LogP contribution in [0.1, 0.15) is 39.7 Å². The van der Waals surface area contributed by atoms with Crippen LogP contribution < -0.4 is 0 Å². The molecule has 1 unspecified atom stereocenters. The molecular formula is C17H21Cl2NO2. The minimum absolute atomic E-state index is 0.337. The SMILES string of the molecule is CC1CC=C(c2ccc(Cl)c(Cl)c2)N(C(=O)OC(C)(C)C)C1. The summed E-state index contributed by atoms with van der Waals surface area (Å²) in [7, 11) is 0. The number of nitrogens with zero attached hydrogens (tertiary/aromatic N) is 1. The van der Waals surface area contributed by atoms with Crippen molar-refractivity contribution in [3.05, 3.63) is 39.9 Å². The number of hydrogen-bond acceptors (Lipinski definition) is 2. The van der Waals surface area contributed by atoms with Crippen LogP contribution in [-0.2, 0) is 4.74 Å². The first-order chi connectivity index (χ1) is 10.2. The predicted molar refractivity (Wildman–Crippen MR) is 91.2 cm³/mol. The molecule has 0 aliphatic carbocycles. The van der Waals surface area contributed by atoms with Gasteiger partial charge in [-0.1, -0.05) is 42.3 Å². The van der Waals surface area contributed by atoms with E-state index in [0.29, 0.717) is 22.5 Å². The van der Waals surface area contributed by atoms with Crippen LogP contribution >= 0.6 is 23.2 Å². The molecule has 0 N–H and O–H groups in total. The molecule has 1 aromatic rings. The third-order valence-corrected chi connectivity index (χ3v) is 4.07. The third kappa shape index (κ3) is 4.17. The van der Waals surface area contributed by atoms with Crippen LogP contribution in [0.4, 0.5) is 4.79 Å². The zero-order chi connectivity index (χ0) is 16.5. The van der Waals surface area contributed by atoms with Crippen LogP contribution in [0.25, 0.3) is 5.70 Å². The fraction of sp³-hybridized carbons (Fsp3) is 0.471. The second-order valence-corrected chi connectivity index (χ2v) is 7.46. The van der Waals surface area contributed by atoms with Gasteiger partial charge in [-0.25, -0.2) is 4.79 Å². The fourth-order valence-electron chi connectivity index (χ4n) is 2.33. The average molecular weight is 342 g/mol. The smallest absolute Gasteiger partial charge is 0.414 e. The maximum Gasteiger partial charge on any atom is 0.414 e. The molecule has 22 heavy (non-hydrogen) atoms. The van der Waals surface area contributed by atoms with Crippen molar-refractivity contribution in [3.63, 3.8) is 0 Å². The Labute approximate surface area is 141 Å². The van der Waals surface area contributed by atoms with E-state index in [2.05, 4.69) is 13.0 Å². The Hall–Kier alpha value is -1.19. The van der Waals surface area contributed by atoms with E-state index in [1.54, 1.807) is 17.0 Å². The number of carbonyl (C=O) groups is 1. The monoisotopic (exact) mass is 341 g/mol. The number of carbonyl (C=O) groups excluding carboxylic acids is 1. The van der Waals surface area contributed by atoms with Crippen LogP contribution in [0.5, 0.6) is 0 Å². The Balaban J connectivity index is 2.33. The van der Waals surface area contributed by atoms with Crippen LogP contribution in [0.3, 0.4) is 0 Å². The van der Waals surface area contributed by atoms with Gasteiger partial charge in [0, 0.05) is 6.54 Å². The summed E-state index contributed by atoms with van der Waals surface area (Å²) in [4.78, 5) is 14.2. The summed E-state index contributed by atoms with van der Waals surface area (Å²) in [6.45, 7) is 8.32. The van der Waals surface area contributed by atoms with Crippen molar-refractivity contribution in [2.75, 3.05) is 6.54 Å². The van der Waals surface area contributed by atoms with E-state index in [9.17, 15) is 4.79 Å². The van der Waals surface area contributed by atoms with Crippen molar-refractivity contribution in [2.24, 2.45) is 5.92 Å². The average Bonchev–Trinajstić information content (AvgIpc) is 2.40. The van der Waals surface area contributed by atoms with Crippen molar-refractivity contribution in [1.82, 2.24) is 4.90 Å². The van der Waals surface area contributed by atoms with E-state index in [-0.39, 0.29) is 6.09 Å². The van der Waals surface area contributed by atoms with E-state index in [1.165, 1.54) is 0 Å². The quantitative estimate of drug-likeness (QED) is 0.664. The molecule has 120 valence electrons. The number of rotatable bonds is 1. The van der Waals surface area contributed by atoms with Gasteiger partial charge in [-0.3, -0.25) is 4.90 Å². The Bertz CT molecular complexity index is 605. The number of allylic oxidation sites excluding steroid dienone is 1. The molecule has 0 radical (unpaired) electrons. The fourth-order valence-corrected chi connectivity index (χ4v) is 2.62. The lowest BCUT2D eigenvalue weighted by molar-refractivity contribution is 0.0327. The van der Waals surface area contributed by atoms with Crippen LogP contribution in [0.15, 0.2) is 24.3 Å². The maximum absolute atomic E-state index is 12.5. The molecule has 0 saturated heterocycles. The first-order valence-electron chi connectivity index (χ1n) is 7.33. The van der Waals surface area contributed by atoms with E-state index in [0.717, 1.165) is 17.7 Å². The molecule has 1 aromatic carbocycles. The highest BCUT2D eigenvalue weighted by atomic mass is 35.5. The van der Waals surface area contributed by atoms with Crippen molar-refractivity contribution in [2.45, 2.75) is 39.7 Å². The zero-order valence-electron chi connectivity index (χ0n) is 13.3. The number of benzene rings is 1. The highest BCUT2D eigenvalue weighted by Gasteiger charge is 2.29. The minimum Gasteiger partial charge on any atom is -0.443 e. The summed E-state index contributed by atoms with van der Waals surface area (Å²) in [6, 6.07) is 5.39. The summed E-state index contributed by atoms with van der Waals surface area (Å²) in [5, 5.41) is 0.974. The van der Waals surface area contributed by atoms with Gasteiger partial charge in [0.2, 0.25) is 0 Å². The van der Waals surface area contributed by atoms with E-state index in [4.69, 9.17) is 27.9 Å². The van der Waals surface area contributed by atoms with Gasteiger partial charge in [-0.05, 0) is 50.8 Å². The van der Waals surface area contributed by atoms with E-state index in [1.807, 2.05) is 26.8 Å². The van der Waals surface area contributed by atoms with Crippen LogP contribution in [-0.4, -0.2) is 23.1 Å². The van der Waals surface area contributed by atoms with E-state index < -0.39 is 5.60 Å². The number of amides is 1. The lowest BCUT2D eigenvalue weighted by atomic mass is 9.98. The normalized spacial score (nSPS) is 18.9. The molecule has 5 heteroatoms. The minimum atomic E-state index is -0.527. The standard InChI is InChI=1S/C17H21Cl2NO2/c1-11-5-8-15(12-6-7-13(18)14(19)9-12)20(10-11)16(21)22-17(2,3)4/h6-9,11H,5,10H2,1-4H3. The van der Waals surface area contributed by atoms with Gasteiger partial charge in [0.25, 0.3) is 0 Å². The summed E-state index contributed by atoms with van der Waals surface area (Å²) in [5.41, 5.74) is 1.17. The van der Waals surface area contributed by atoms with Crippen molar-refractivity contribution in [1.29, 1.82) is 0 Å². The molecule has 0 saturated carbocycles. The molecule has 2 rings (SSSR count). The second kappa shape index (κ2) is 6.51. The van der Waals surface area contributed by atoms with Gasteiger partial charge in [0.1, 0.15) is 5.60 Å². The first kappa shape index (κ1) is 17.2. The predicted octanol–water partition coefficient (Wildman–Crippen LogP) is 5.61. The van der Waals surface area contributed by atoms with Gasteiger partial charge >= 0.3 is 6.09 Å². The largest absolute Gasteiger partial charge is 0.443 e. The second-order valence-electron chi connectivity index (χ2n) is 6.65. The molecule has 3 nitrogen and oxygen atoms in total. The number of halogens is 2. The molecule has 1 atom stereocenters. The van der Waals surface area contributed by atoms with Crippen molar-refractivity contribution < 1.29 is 9.53 Å².